The van der Waals surface area contributed by atoms with Crippen LogP contribution in [-0.2, 0) is 19.4 Å². The maximum atomic E-state index is 6.27. The molecule has 156 valence electrons. The molecule has 0 fully saturated rings. The number of aromatic amines is 1. The first-order chi connectivity index (χ1) is 15.2. The number of hydrogen-bond acceptors (Lipinski definition) is 2. The second-order valence-electron chi connectivity index (χ2n) is 8.45. The quantitative estimate of drug-likeness (QED) is 0.393. The van der Waals surface area contributed by atoms with Crippen LogP contribution in [0.4, 0.5) is 0 Å². The molecule has 0 aliphatic heterocycles. The number of pyridine rings is 1. The third-order valence-electron chi connectivity index (χ3n) is 6.18. The van der Waals surface area contributed by atoms with E-state index in [1.54, 1.807) is 0 Å². The first kappa shape index (κ1) is 19.6. The van der Waals surface area contributed by atoms with Crippen molar-refractivity contribution in [1.29, 1.82) is 0 Å². The van der Waals surface area contributed by atoms with E-state index in [2.05, 4.69) is 79.5 Å². The van der Waals surface area contributed by atoms with Crippen LogP contribution >= 0.6 is 0 Å². The van der Waals surface area contributed by atoms with Crippen molar-refractivity contribution in [2.45, 2.75) is 46.1 Å². The fourth-order valence-electron chi connectivity index (χ4n) is 4.67. The van der Waals surface area contributed by atoms with Crippen LogP contribution in [0.3, 0.4) is 0 Å². The van der Waals surface area contributed by atoms with Gasteiger partial charge in [-0.2, -0.15) is 0 Å². The molecule has 0 unspecified atom stereocenters. The highest BCUT2D eigenvalue weighted by Crippen LogP contribution is 2.37. The molecule has 2 aromatic heterocycles. The highest BCUT2D eigenvalue weighted by atomic mass is 16.5. The van der Waals surface area contributed by atoms with Gasteiger partial charge in [0.2, 0.25) is 0 Å². The Kier molecular flexibility index (Phi) is 5.33. The minimum Gasteiger partial charge on any atom is -0.489 e. The number of H-pyrrole nitrogens is 1. The fourth-order valence-corrected chi connectivity index (χ4v) is 4.67. The van der Waals surface area contributed by atoms with Crippen molar-refractivity contribution in [2.24, 2.45) is 0 Å². The molecule has 5 rings (SSSR count). The van der Waals surface area contributed by atoms with Crippen molar-refractivity contribution in [1.82, 2.24) is 9.97 Å². The predicted octanol–water partition coefficient (Wildman–Crippen LogP) is 6.82. The Labute approximate surface area is 184 Å². The predicted molar refractivity (Wildman–Crippen MR) is 126 cm³/mol. The molecule has 2 heterocycles. The van der Waals surface area contributed by atoms with Gasteiger partial charge >= 0.3 is 0 Å². The lowest BCUT2D eigenvalue weighted by Gasteiger charge is -2.23. The number of nitrogens with one attached hydrogen (secondary N) is 1. The summed E-state index contributed by atoms with van der Waals surface area (Å²) in [5.41, 5.74) is 10.8. The number of ether oxygens (including phenoxy) is 1. The maximum absolute atomic E-state index is 6.27. The molecule has 0 amide bonds. The summed E-state index contributed by atoms with van der Waals surface area (Å²) in [4.78, 5) is 8.45. The Morgan fingerprint density at radius 3 is 2.29 bits per heavy atom. The average molecular weight is 409 g/mol. The van der Waals surface area contributed by atoms with Gasteiger partial charge in [0.05, 0.1) is 11.4 Å². The Balaban J connectivity index is 1.50. The number of fused-ring (bicyclic) bond motifs is 1. The maximum Gasteiger partial charge on any atom is 0.123 e. The molecular weight excluding hydrogens is 380 g/mol. The van der Waals surface area contributed by atoms with E-state index in [9.17, 15) is 0 Å². The molecule has 0 atom stereocenters. The smallest absolute Gasteiger partial charge is 0.123 e. The summed E-state index contributed by atoms with van der Waals surface area (Å²) in [6.07, 6.45) is 4.59. The zero-order valence-electron chi connectivity index (χ0n) is 18.2. The molecule has 0 radical (unpaired) electrons. The molecule has 3 heteroatoms. The van der Waals surface area contributed by atoms with Crippen molar-refractivity contribution in [3.05, 3.63) is 94.8 Å². The Morgan fingerprint density at radius 2 is 1.55 bits per heavy atom. The monoisotopic (exact) mass is 408 g/mol. The van der Waals surface area contributed by atoms with Gasteiger partial charge in [-0.1, -0.05) is 36.4 Å². The molecule has 1 aliphatic rings. The average Bonchev–Trinajstić information content (AvgIpc) is 3.16. The van der Waals surface area contributed by atoms with Gasteiger partial charge in [-0.3, -0.25) is 0 Å². The molecule has 4 aromatic rings. The molecule has 0 saturated carbocycles. The first-order valence-electron chi connectivity index (χ1n) is 11.1. The Hall–Kier alpha value is -3.33. The molecule has 2 aromatic carbocycles. The summed E-state index contributed by atoms with van der Waals surface area (Å²) in [6.45, 7) is 4.80. The second-order valence-corrected chi connectivity index (χ2v) is 8.45. The normalized spacial score (nSPS) is 13.1. The summed E-state index contributed by atoms with van der Waals surface area (Å²) < 4.78 is 6.27. The van der Waals surface area contributed by atoms with Crippen LogP contribution in [0.15, 0.2) is 66.7 Å². The number of benzene rings is 2. The van der Waals surface area contributed by atoms with Gasteiger partial charge in [0.25, 0.3) is 0 Å². The highest BCUT2D eigenvalue weighted by molar-refractivity contribution is 5.72. The largest absolute Gasteiger partial charge is 0.489 e. The van der Waals surface area contributed by atoms with Crippen LogP contribution in [0.25, 0.3) is 22.5 Å². The summed E-state index contributed by atoms with van der Waals surface area (Å²) in [6, 6.07) is 23.3. The minimum atomic E-state index is 0.604. The van der Waals surface area contributed by atoms with Crippen molar-refractivity contribution in [3.63, 3.8) is 0 Å². The van der Waals surface area contributed by atoms with Gasteiger partial charge < -0.3 is 9.72 Å². The van der Waals surface area contributed by atoms with Crippen LogP contribution in [0, 0.1) is 13.8 Å². The molecule has 1 N–H and O–H groups in total. The zero-order valence-corrected chi connectivity index (χ0v) is 18.2. The lowest BCUT2D eigenvalue weighted by molar-refractivity contribution is 0.301. The van der Waals surface area contributed by atoms with Crippen molar-refractivity contribution in [3.8, 4) is 28.3 Å². The van der Waals surface area contributed by atoms with Crippen molar-refractivity contribution < 1.29 is 4.74 Å². The van der Waals surface area contributed by atoms with E-state index < -0.39 is 0 Å². The van der Waals surface area contributed by atoms with Crippen LogP contribution in [0.2, 0.25) is 0 Å². The van der Waals surface area contributed by atoms with E-state index in [0.29, 0.717) is 6.61 Å². The third kappa shape index (κ3) is 4.00. The van der Waals surface area contributed by atoms with Gasteiger partial charge in [-0.15, -0.1) is 0 Å². The Bertz CT molecular complexity index is 1210. The standard InChI is InChI=1S/C28H28N2O/c1-19-17-25(20(2)29-19)27-14-8-13-26(30-27)23-15-16-28(24-12-7-6-11-22(23)24)31-18-21-9-4-3-5-10-21/h3-5,8-10,13-17,29H,6-7,11-12,18H2,1-2H3. The number of rotatable bonds is 5. The molecule has 0 bridgehead atoms. The Morgan fingerprint density at radius 1 is 0.806 bits per heavy atom. The van der Waals surface area contributed by atoms with Crippen LogP contribution in [0.1, 0.15) is 40.9 Å². The molecule has 3 nitrogen and oxygen atoms in total. The number of aromatic nitrogens is 2. The van der Waals surface area contributed by atoms with Gasteiger partial charge in [-0.25, -0.2) is 4.98 Å². The molecule has 0 spiro atoms. The second kappa shape index (κ2) is 8.43. The van der Waals surface area contributed by atoms with Gasteiger partial charge in [0, 0.05) is 22.5 Å². The van der Waals surface area contributed by atoms with E-state index in [4.69, 9.17) is 9.72 Å². The minimum absolute atomic E-state index is 0.604. The van der Waals surface area contributed by atoms with E-state index >= 15 is 0 Å². The van der Waals surface area contributed by atoms with E-state index in [0.717, 1.165) is 41.4 Å². The van der Waals surface area contributed by atoms with Gasteiger partial charge in [0.15, 0.2) is 0 Å². The lowest BCUT2D eigenvalue weighted by Crippen LogP contribution is -2.08. The topological polar surface area (TPSA) is 37.9 Å². The number of aryl methyl sites for hydroxylation is 2. The molecule has 1 aliphatic carbocycles. The number of nitrogens with zero attached hydrogens (tertiary/aromatic N) is 1. The van der Waals surface area contributed by atoms with E-state index in [1.165, 1.54) is 40.7 Å². The summed E-state index contributed by atoms with van der Waals surface area (Å²) in [7, 11) is 0. The number of hydrogen-bond donors (Lipinski definition) is 1. The van der Waals surface area contributed by atoms with Gasteiger partial charge in [0.1, 0.15) is 12.4 Å². The van der Waals surface area contributed by atoms with Crippen molar-refractivity contribution in [2.75, 3.05) is 0 Å². The summed E-state index contributed by atoms with van der Waals surface area (Å²) in [5, 5.41) is 0. The zero-order chi connectivity index (χ0) is 21.2. The highest BCUT2D eigenvalue weighted by Gasteiger charge is 2.20. The van der Waals surface area contributed by atoms with Crippen LogP contribution in [-0.4, -0.2) is 9.97 Å². The third-order valence-corrected chi connectivity index (χ3v) is 6.18. The first-order valence-corrected chi connectivity index (χ1v) is 11.1. The molecule has 0 saturated heterocycles. The van der Waals surface area contributed by atoms with E-state index in [1.807, 2.05) is 6.07 Å². The summed E-state index contributed by atoms with van der Waals surface area (Å²) in [5.74, 6) is 1.02. The van der Waals surface area contributed by atoms with Crippen LogP contribution in [0.5, 0.6) is 5.75 Å². The fraction of sp³-hybridized carbons (Fsp3) is 0.250. The van der Waals surface area contributed by atoms with Gasteiger partial charge in [-0.05, 0) is 86.6 Å². The molecular formula is C28H28N2O. The van der Waals surface area contributed by atoms with Crippen molar-refractivity contribution >= 4 is 0 Å². The van der Waals surface area contributed by atoms with Crippen LogP contribution < -0.4 is 4.74 Å². The summed E-state index contributed by atoms with van der Waals surface area (Å²) >= 11 is 0. The lowest BCUT2D eigenvalue weighted by atomic mass is 9.86. The molecule has 31 heavy (non-hydrogen) atoms. The SMILES string of the molecule is Cc1cc(-c2cccc(-c3ccc(OCc4ccccc4)c4c3CCCC4)n2)c(C)[nH]1. The van der Waals surface area contributed by atoms with E-state index in [-0.39, 0.29) is 0 Å².